The first kappa shape index (κ1) is 13.3. The van der Waals surface area contributed by atoms with Crippen LogP contribution in [0.2, 0.25) is 0 Å². The molecule has 1 aliphatic rings. The van der Waals surface area contributed by atoms with E-state index in [1.54, 1.807) is 0 Å². The van der Waals surface area contributed by atoms with Crippen molar-refractivity contribution >= 4 is 6.03 Å². The van der Waals surface area contributed by atoms with E-state index in [1.807, 2.05) is 23.6 Å². The van der Waals surface area contributed by atoms with Crippen LogP contribution in [0.5, 0.6) is 0 Å². The van der Waals surface area contributed by atoms with Crippen molar-refractivity contribution in [2.45, 2.75) is 46.2 Å². The predicted molar refractivity (Wildman–Crippen MR) is 66.6 cm³/mol. The summed E-state index contributed by atoms with van der Waals surface area (Å²) in [5, 5.41) is 3.42. The third-order valence-corrected chi connectivity index (χ3v) is 3.34. The number of nitrogens with zero attached hydrogens (tertiary/aromatic N) is 2. The normalized spacial score (nSPS) is 24.3. The molecule has 1 fully saturated rings. The summed E-state index contributed by atoms with van der Waals surface area (Å²) in [4.78, 5) is 16.2. The van der Waals surface area contributed by atoms with Crippen molar-refractivity contribution in [1.82, 2.24) is 15.1 Å². The summed E-state index contributed by atoms with van der Waals surface area (Å²) in [5.74, 6) is 0. The Hall–Kier alpha value is -0.770. The van der Waals surface area contributed by atoms with Crippen molar-refractivity contribution in [3.8, 4) is 0 Å². The minimum Gasteiger partial charge on any atom is -0.325 e. The van der Waals surface area contributed by atoms with Gasteiger partial charge in [-0.2, -0.15) is 0 Å². The van der Waals surface area contributed by atoms with Crippen molar-refractivity contribution < 1.29 is 4.79 Å². The monoisotopic (exact) mass is 227 g/mol. The van der Waals surface area contributed by atoms with Crippen LogP contribution in [0.15, 0.2) is 0 Å². The largest absolute Gasteiger partial charge is 0.325 e. The number of hydrogen-bond acceptors (Lipinski definition) is 2. The summed E-state index contributed by atoms with van der Waals surface area (Å²) in [5.41, 5.74) is -0.0911. The summed E-state index contributed by atoms with van der Waals surface area (Å²) in [6, 6.07) is 0.552. The molecule has 4 nitrogen and oxygen atoms in total. The Labute approximate surface area is 99.0 Å². The summed E-state index contributed by atoms with van der Waals surface area (Å²) in [7, 11) is 0. The molecule has 0 aromatic heterocycles. The SMILES string of the molecule is CCN(CC)C(=O)N1CC(C)NCC1(C)C. The summed E-state index contributed by atoms with van der Waals surface area (Å²) in [6.07, 6.45) is 0. The number of amides is 2. The van der Waals surface area contributed by atoms with Gasteiger partial charge < -0.3 is 15.1 Å². The molecule has 1 atom stereocenters. The number of carbonyl (C=O) groups is 1. The first-order chi connectivity index (χ1) is 7.42. The average molecular weight is 227 g/mol. The van der Waals surface area contributed by atoms with E-state index >= 15 is 0 Å². The fourth-order valence-corrected chi connectivity index (χ4v) is 2.11. The van der Waals surface area contributed by atoms with Crippen molar-refractivity contribution in [1.29, 1.82) is 0 Å². The quantitative estimate of drug-likeness (QED) is 0.776. The van der Waals surface area contributed by atoms with Crippen LogP contribution >= 0.6 is 0 Å². The van der Waals surface area contributed by atoms with Crippen LogP contribution in [0.4, 0.5) is 4.79 Å². The second-order valence-electron chi connectivity index (χ2n) is 5.16. The van der Waals surface area contributed by atoms with Crippen LogP contribution in [0.25, 0.3) is 0 Å². The molecular formula is C12H25N3O. The Morgan fingerprint density at radius 3 is 2.50 bits per heavy atom. The van der Waals surface area contributed by atoms with Gasteiger partial charge in [-0.05, 0) is 34.6 Å². The smallest absolute Gasteiger partial charge is 0.320 e. The molecule has 0 spiro atoms. The molecule has 94 valence electrons. The summed E-state index contributed by atoms with van der Waals surface area (Å²) in [6.45, 7) is 13.6. The molecule has 0 aromatic rings. The number of piperazine rings is 1. The molecule has 0 radical (unpaired) electrons. The van der Waals surface area contributed by atoms with Gasteiger partial charge in [0, 0.05) is 32.2 Å². The van der Waals surface area contributed by atoms with Crippen molar-refractivity contribution in [2.75, 3.05) is 26.2 Å². The molecular weight excluding hydrogens is 202 g/mol. The van der Waals surface area contributed by atoms with Gasteiger partial charge in [-0.25, -0.2) is 4.79 Å². The van der Waals surface area contributed by atoms with Gasteiger partial charge in [-0.3, -0.25) is 0 Å². The van der Waals surface area contributed by atoms with E-state index in [4.69, 9.17) is 0 Å². The molecule has 0 aliphatic carbocycles. The highest BCUT2D eigenvalue weighted by Crippen LogP contribution is 2.20. The van der Waals surface area contributed by atoms with E-state index in [0.29, 0.717) is 6.04 Å². The molecule has 0 bridgehead atoms. The minimum absolute atomic E-state index is 0.0911. The van der Waals surface area contributed by atoms with Gasteiger partial charge >= 0.3 is 6.03 Å². The molecule has 0 aromatic carbocycles. The van der Waals surface area contributed by atoms with Gasteiger partial charge in [0.2, 0.25) is 0 Å². The van der Waals surface area contributed by atoms with Gasteiger partial charge in [0.15, 0.2) is 0 Å². The molecule has 1 N–H and O–H groups in total. The van der Waals surface area contributed by atoms with E-state index < -0.39 is 0 Å². The topological polar surface area (TPSA) is 35.6 Å². The lowest BCUT2D eigenvalue weighted by molar-refractivity contribution is 0.0735. The lowest BCUT2D eigenvalue weighted by Gasteiger charge is -2.46. The molecule has 16 heavy (non-hydrogen) atoms. The van der Waals surface area contributed by atoms with Gasteiger partial charge in [0.1, 0.15) is 0 Å². The van der Waals surface area contributed by atoms with Crippen LogP contribution in [0.3, 0.4) is 0 Å². The lowest BCUT2D eigenvalue weighted by atomic mass is 9.98. The average Bonchev–Trinajstić information content (AvgIpc) is 2.23. The van der Waals surface area contributed by atoms with Gasteiger partial charge in [0.05, 0.1) is 5.54 Å². The van der Waals surface area contributed by atoms with Gasteiger partial charge in [0.25, 0.3) is 0 Å². The number of hydrogen-bond donors (Lipinski definition) is 1. The van der Waals surface area contributed by atoms with Crippen molar-refractivity contribution in [3.63, 3.8) is 0 Å². The highest BCUT2D eigenvalue weighted by atomic mass is 16.2. The second kappa shape index (κ2) is 5.04. The third-order valence-electron chi connectivity index (χ3n) is 3.34. The van der Waals surface area contributed by atoms with E-state index in [9.17, 15) is 4.79 Å². The van der Waals surface area contributed by atoms with E-state index in [0.717, 1.165) is 26.2 Å². The van der Waals surface area contributed by atoms with E-state index in [1.165, 1.54) is 0 Å². The maximum Gasteiger partial charge on any atom is 0.320 e. The highest BCUT2D eigenvalue weighted by molar-refractivity contribution is 5.75. The Balaban J connectivity index is 2.78. The van der Waals surface area contributed by atoms with Gasteiger partial charge in [-0.1, -0.05) is 0 Å². The summed E-state index contributed by atoms with van der Waals surface area (Å²) < 4.78 is 0. The zero-order valence-electron chi connectivity index (χ0n) is 11.2. The minimum atomic E-state index is -0.0911. The van der Waals surface area contributed by atoms with Crippen molar-refractivity contribution in [3.05, 3.63) is 0 Å². The lowest BCUT2D eigenvalue weighted by Crippen LogP contribution is -2.65. The van der Waals surface area contributed by atoms with E-state index in [2.05, 4.69) is 26.1 Å². The molecule has 1 saturated heterocycles. The van der Waals surface area contributed by atoms with Crippen LogP contribution in [-0.2, 0) is 0 Å². The van der Waals surface area contributed by atoms with Gasteiger partial charge in [-0.15, -0.1) is 0 Å². The third kappa shape index (κ3) is 2.67. The number of urea groups is 1. The first-order valence-corrected chi connectivity index (χ1v) is 6.22. The first-order valence-electron chi connectivity index (χ1n) is 6.22. The van der Waals surface area contributed by atoms with Crippen LogP contribution in [-0.4, -0.2) is 53.6 Å². The van der Waals surface area contributed by atoms with Crippen LogP contribution < -0.4 is 5.32 Å². The molecule has 1 aliphatic heterocycles. The van der Waals surface area contributed by atoms with Crippen LogP contribution in [0.1, 0.15) is 34.6 Å². The molecule has 1 unspecified atom stereocenters. The Morgan fingerprint density at radius 2 is 2.00 bits per heavy atom. The number of carbonyl (C=O) groups excluding carboxylic acids is 1. The standard InChI is InChI=1S/C12H25N3O/c1-6-14(7-2)11(16)15-8-10(3)13-9-12(15,4)5/h10,13H,6-9H2,1-5H3. The maximum atomic E-state index is 12.3. The molecule has 2 amide bonds. The molecule has 1 heterocycles. The second-order valence-corrected chi connectivity index (χ2v) is 5.16. The fraction of sp³-hybridized carbons (Fsp3) is 0.917. The predicted octanol–water partition coefficient (Wildman–Crippen LogP) is 1.52. The zero-order valence-corrected chi connectivity index (χ0v) is 11.2. The highest BCUT2D eigenvalue weighted by Gasteiger charge is 2.37. The maximum absolute atomic E-state index is 12.3. The van der Waals surface area contributed by atoms with Crippen LogP contribution in [0, 0.1) is 0 Å². The Kier molecular flexibility index (Phi) is 4.19. The fourth-order valence-electron chi connectivity index (χ4n) is 2.11. The Bertz CT molecular complexity index is 249. The van der Waals surface area contributed by atoms with E-state index in [-0.39, 0.29) is 11.6 Å². The number of nitrogens with one attached hydrogen (secondary N) is 1. The Morgan fingerprint density at radius 1 is 1.44 bits per heavy atom. The summed E-state index contributed by atoms with van der Waals surface area (Å²) >= 11 is 0. The zero-order chi connectivity index (χ0) is 12.3. The van der Waals surface area contributed by atoms with Crippen molar-refractivity contribution in [2.24, 2.45) is 0 Å². The molecule has 0 saturated carbocycles. The number of rotatable bonds is 2. The molecule has 4 heteroatoms. The molecule has 1 rings (SSSR count).